The van der Waals surface area contributed by atoms with Crippen LogP contribution in [0.2, 0.25) is 0 Å². The summed E-state index contributed by atoms with van der Waals surface area (Å²) in [6, 6.07) is 16.3. The molecule has 0 aliphatic heterocycles. The number of anilines is 2. The Labute approximate surface area is 130 Å². The summed E-state index contributed by atoms with van der Waals surface area (Å²) in [5, 5.41) is 14.5. The van der Waals surface area contributed by atoms with Crippen LogP contribution in [0.25, 0.3) is 0 Å². The van der Waals surface area contributed by atoms with Crippen LogP contribution in [0.5, 0.6) is 0 Å². The molecule has 2 amide bonds. The number of carbonyl (C=O) groups is 1. The zero-order chi connectivity index (χ0) is 16.2. The summed E-state index contributed by atoms with van der Waals surface area (Å²) in [5.74, 6) is 0. The second-order valence-electron chi connectivity index (χ2n) is 6.07. The van der Waals surface area contributed by atoms with Crippen molar-refractivity contribution in [1.29, 1.82) is 5.26 Å². The van der Waals surface area contributed by atoms with E-state index in [0.717, 1.165) is 11.3 Å². The summed E-state index contributed by atoms with van der Waals surface area (Å²) in [7, 11) is 0. The quantitative estimate of drug-likeness (QED) is 0.856. The molecule has 0 atom stereocenters. The zero-order valence-corrected chi connectivity index (χ0v) is 13.0. The first kappa shape index (κ1) is 15.6. The highest BCUT2D eigenvalue weighted by molar-refractivity contribution is 6.00. The van der Waals surface area contributed by atoms with Gasteiger partial charge in [0.1, 0.15) is 0 Å². The van der Waals surface area contributed by atoms with E-state index in [4.69, 9.17) is 5.26 Å². The van der Waals surface area contributed by atoms with Crippen LogP contribution in [0.15, 0.2) is 48.5 Å². The van der Waals surface area contributed by atoms with E-state index in [-0.39, 0.29) is 11.4 Å². The lowest BCUT2D eigenvalue weighted by Gasteiger charge is -2.23. The number of urea groups is 1. The molecule has 0 spiro atoms. The molecule has 4 heteroatoms. The minimum atomic E-state index is -0.327. The molecule has 0 aliphatic carbocycles. The molecule has 0 saturated heterocycles. The molecule has 0 fully saturated rings. The van der Waals surface area contributed by atoms with E-state index in [1.54, 1.807) is 24.3 Å². The van der Waals surface area contributed by atoms with E-state index in [0.29, 0.717) is 11.3 Å². The van der Waals surface area contributed by atoms with Crippen molar-refractivity contribution in [1.82, 2.24) is 0 Å². The first-order valence-corrected chi connectivity index (χ1v) is 7.08. The fourth-order valence-corrected chi connectivity index (χ4v) is 2.20. The predicted octanol–water partition coefficient (Wildman–Crippen LogP) is 4.50. The molecular formula is C18H19N3O. The smallest absolute Gasteiger partial charge is 0.308 e. The highest BCUT2D eigenvalue weighted by Gasteiger charge is 2.18. The Balaban J connectivity index is 2.15. The second-order valence-corrected chi connectivity index (χ2v) is 6.07. The van der Waals surface area contributed by atoms with Gasteiger partial charge >= 0.3 is 6.03 Å². The zero-order valence-electron chi connectivity index (χ0n) is 13.0. The van der Waals surface area contributed by atoms with Gasteiger partial charge in [-0.2, -0.15) is 5.26 Å². The maximum Gasteiger partial charge on any atom is 0.323 e. The van der Waals surface area contributed by atoms with Gasteiger partial charge in [0.05, 0.1) is 11.6 Å². The summed E-state index contributed by atoms with van der Waals surface area (Å²) >= 11 is 0. The van der Waals surface area contributed by atoms with Gasteiger partial charge in [-0.25, -0.2) is 4.79 Å². The number of carbonyl (C=O) groups excluding carboxylic acids is 1. The van der Waals surface area contributed by atoms with Crippen molar-refractivity contribution in [2.75, 3.05) is 10.6 Å². The summed E-state index contributed by atoms with van der Waals surface area (Å²) in [5.41, 5.74) is 2.88. The Kier molecular flexibility index (Phi) is 4.47. The lowest BCUT2D eigenvalue weighted by Crippen LogP contribution is -2.22. The number of benzene rings is 2. The van der Waals surface area contributed by atoms with Crippen molar-refractivity contribution in [3.63, 3.8) is 0 Å². The molecule has 2 aromatic carbocycles. The predicted molar refractivity (Wildman–Crippen MR) is 88.9 cm³/mol. The van der Waals surface area contributed by atoms with Gasteiger partial charge in [0.25, 0.3) is 0 Å². The van der Waals surface area contributed by atoms with Crippen LogP contribution in [0.4, 0.5) is 16.2 Å². The first-order chi connectivity index (χ1) is 10.4. The molecule has 22 heavy (non-hydrogen) atoms. The van der Waals surface area contributed by atoms with Crippen molar-refractivity contribution in [2.24, 2.45) is 0 Å². The second kappa shape index (κ2) is 6.31. The molecule has 112 valence electrons. The highest BCUT2D eigenvalue weighted by Crippen LogP contribution is 2.29. The summed E-state index contributed by atoms with van der Waals surface area (Å²) in [4.78, 5) is 12.2. The van der Waals surface area contributed by atoms with E-state index in [1.165, 1.54) is 0 Å². The standard InChI is InChI=1S/C18H19N3O/c1-18(2,3)15-9-4-5-10-16(15)21-17(22)20-14-8-6-7-13(11-14)12-19/h4-11H,1-3H3,(H2,20,21,22). The van der Waals surface area contributed by atoms with Gasteiger partial charge in [-0.1, -0.05) is 45.0 Å². The maximum absolute atomic E-state index is 12.2. The van der Waals surface area contributed by atoms with E-state index in [1.807, 2.05) is 30.3 Å². The summed E-state index contributed by atoms with van der Waals surface area (Å²) in [6.45, 7) is 6.30. The third-order valence-electron chi connectivity index (χ3n) is 3.23. The molecule has 0 aromatic heterocycles. The van der Waals surface area contributed by atoms with Crippen LogP contribution in [0, 0.1) is 11.3 Å². The SMILES string of the molecule is CC(C)(C)c1ccccc1NC(=O)Nc1cccc(C#N)c1. The summed E-state index contributed by atoms with van der Waals surface area (Å²) in [6.07, 6.45) is 0. The fraction of sp³-hybridized carbons (Fsp3) is 0.222. The summed E-state index contributed by atoms with van der Waals surface area (Å²) < 4.78 is 0. The number of amides is 2. The molecule has 0 unspecified atom stereocenters. The Bertz CT molecular complexity index is 724. The largest absolute Gasteiger partial charge is 0.323 e. The third-order valence-corrected chi connectivity index (χ3v) is 3.23. The number of nitrogens with zero attached hydrogens (tertiary/aromatic N) is 1. The van der Waals surface area contributed by atoms with Gasteiger partial charge in [0, 0.05) is 11.4 Å². The molecule has 0 heterocycles. The van der Waals surface area contributed by atoms with Gasteiger partial charge in [-0.05, 0) is 35.2 Å². The average Bonchev–Trinajstić information content (AvgIpc) is 2.46. The van der Waals surface area contributed by atoms with Gasteiger partial charge in [0.2, 0.25) is 0 Å². The normalized spacial score (nSPS) is 10.6. The van der Waals surface area contributed by atoms with Gasteiger partial charge in [0.15, 0.2) is 0 Å². The van der Waals surface area contributed by atoms with Crippen LogP contribution in [0.3, 0.4) is 0 Å². The van der Waals surface area contributed by atoms with E-state index >= 15 is 0 Å². The molecule has 2 aromatic rings. The molecule has 4 nitrogen and oxygen atoms in total. The Morgan fingerprint density at radius 1 is 1.05 bits per heavy atom. The lowest BCUT2D eigenvalue weighted by atomic mass is 9.86. The van der Waals surface area contributed by atoms with Crippen LogP contribution in [0.1, 0.15) is 31.9 Å². The minimum absolute atomic E-state index is 0.0649. The van der Waals surface area contributed by atoms with E-state index in [2.05, 4.69) is 31.4 Å². The number of nitriles is 1. The van der Waals surface area contributed by atoms with Crippen molar-refractivity contribution < 1.29 is 4.79 Å². The Morgan fingerprint density at radius 3 is 2.45 bits per heavy atom. The molecule has 2 N–H and O–H groups in total. The Morgan fingerprint density at radius 2 is 1.77 bits per heavy atom. The first-order valence-electron chi connectivity index (χ1n) is 7.08. The third kappa shape index (κ3) is 3.86. The molecule has 0 aliphatic rings. The molecule has 0 bridgehead atoms. The fourth-order valence-electron chi connectivity index (χ4n) is 2.20. The topological polar surface area (TPSA) is 64.9 Å². The van der Waals surface area contributed by atoms with Crippen LogP contribution >= 0.6 is 0 Å². The van der Waals surface area contributed by atoms with Crippen LogP contribution in [-0.4, -0.2) is 6.03 Å². The molecule has 0 saturated carbocycles. The number of rotatable bonds is 2. The monoisotopic (exact) mass is 293 g/mol. The van der Waals surface area contributed by atoms with Crippen LogP contribution < -0.4 is 10.6 Å². The number of para-hydroxylation sites is 1. The number of hydrogen-bond donors (Lipinski definition) is 2. The lowest BCUT2D eigenvalue weighted by molar-refractivity contribution is 0.262. The van der Waals surface area contributed by atoms with Gasteiger partial charge in [-0.15, -0.1) is 0 Å². The Hall–Kier alpha value is -2.80. The van der Waals surface area contributed by atoms with Gasteiger partial charge in [-0.3, -0.25) is 0 Å². The van der Waals surface area contributed by atoms with Crippen molar-refractivity contribution in [2.45, 2.75) is 26.2 Å². The van der Waals surface area contributed by atoms with E-state index < -0.39 is 0 Å². The van der Waals surface area contributed by atoms with Crippen molar-refractivity contribution >= 4 is 17.4 Å². The van der Waals surface area contributed by atoms with Crippen molar-refractivity contribution in [3.8, 4) is 6.07 Å². The van der Waals surface area contributed by atoms with Crippen molar-refractivity contribution in [3.05, 3.63) is 59.7 Å². The molecular weight excluding hydrogens is 274 g/mol. The minimum Gasteiger partial charge on any atom is -0.308 e. The maximum atomic E-state index is 12.2. The molecule has 2 rings (SSSR count). The highest BCUT2D eigenvalue weighted by atomic mass is 16.2. The average molecular weight is 293 g/mol. The van der Waals surface area contributed by atoms with Crippen LogP contribution in [-0.2, 0) is 5.41 Å². The molecule has 0 radical (unpaired) electrons. The number of nitrogens with one attached hydrogen (secondary N) is 2. The van der Waals surface area contributed by atoms with Gasteiger partial charge < -0.3 is 10.6 Å². The number of hydrogen-bond acceptors (Lipinski definition) is 2. The van der Waals surface area contributed by atoms with E-state index in [9.17, 15) is 4.79 Å².